The Kier molecular flexibility index (Phi) is 6.18. The molecule has 0 amide bonds. The second kappa shape index (κ2) is 11.0. The van der Waals surface area contributed by atoms with Gasteiger partial charge in [0.05, 0.1) is 11.4 Å². The van der Waals surface area contributed by atoms with Gasteiger partial charge in [-0.25, -0.2) is 9.97 Å². The number of nitrogens with zero attached hydrogens (tertiary/aromatic N) is 2. The van der Waals surface area contributed by atoms with Gasteiger partial charge in [0.15, 0.2) is 5.82 Å². The molecule has 3 heteroatoms. The molecule has 8 aromatic carbocycles. The average Bonchev–Trinajstić information content (AvgIpc) is 3.55. The molecule has 0 N–H and O–H groups in total. The Hall–Kier alpha value is -6.58. The maximum atomic E-state index is 6.08. The van der Waals surface area contributed by atoms with Gasteiger partial charge in [-0.2, -0.15) is 0 Å². The smallest absolute Gasteiger partial charge is 0.160 e. The van der Waals surface area contributed by atoms with Crippen LogP contribution in [-0.2, 0) is 0 Å². The summed E-state index contributed by atoms with van der Waals surface area (Å²) in [6, 6.07) is 59.8. The molecule has 228 valence electrons. The summed E-state index contributed by atoms with van der Waals surface area (Å²) < 4.78 is 6.08. The molecular formula is C46H28N2O. The number of rotatable bonds is 4. The largest absolute Gasteiger partial charge is 0.456 e. The molecule has 0 bridgehead atoms. The fourth-order valence-electron chi connectivity index (χ4n) is 7.29. The number of fused-ring (bicyclic) bond motifs is 7. The monoisotopic (exact) mass is 624 g/mol. The predicted molar refractivity (Wildman–Crippen MR) is 204 cm³/mol. The van der Waals surface area contributed by atoms with E-state index in [1.54, 1.807) is 0 Å². The van der Waals surface area contributed by atoms with E-state index < -0.39 is 0 Å². The van der Waals surface area contributed by atoms with Crippen LogP contribution in [0, 0.1) is 0 Å². The molecule has 2 heterocycles. The lowest BCUT2D eigenvalue weighted by Crippen LogP contribution is -1.97. The van der Waals surface area contributed by atoms with Gasteiger partial charge in [0.1, 0.15) is 11.2 Å². The lowest BCUT2D eigenvalue weighted by atomic mass is 9.90. The molecule has 0 unspecified atom stereocenters. The zero-order valence-electron chi connectivity index (χ0n) is 26.5. The van der Waals surface area contributed by atoms with E-state index in [2.05, 4.69) is 140 Å². The quantitative estimate of drug-likeness (QED) is 0.144. The highest BCUT2D eigenvalue weighted by Gasteiger charge is 2.18. The zero-order valence-corrected chi connectivity index (χ0v) is 26.5. The molecule has 0 saturated carbocycles. The van der Waals surface area contributed by atoms with Gasteiger partial charge in [-0.15, -0.1) is 0 Å². The molecule has 2 aromatic heterocycles. The molecular weight excluding hydrogens is 597 g/mol. The van der Waals surface area contributed by atoms with Gasteiger partial charge in [-0.1, -0.05) is 140 Å². The van der Waals surface area contributed by atoms with E-state index in [4.69, 9.17) is 14.4 Å². The maximum Gasteiger partial charge on any atom is 0.160 e. The van der Waals surface area contributed by atoms with E-state index in [0.717, 1.165) is 61.1 Å². The number of hydrogen-bond donors (Lipinski definition) is 0. The minimum Gasteiger partial charge on any atom is -0.456 e. The Morgan fingerprint density at radius 2 is 0.980 bits per heavy atom. The standard InChI is InChI=1S/C46H28N2O/c1-2-11-32(12-3-1)46-47-40(31-21-18-29(19-22-31)33-24-25-43-39(27-33)38-16-8-9-17-42(38)49-43)28-41(48-46)45-37-15-7-5-13-34(37)26-35-23-20-30-10-4-6-14-36(30)44(35)45/h1-28H. The summed E-state index contributed by atoms with van der Waals surface area (Å²) in [5.74, 6) is 0.704. The molecule has 0 spiro atoms. The van der Waals surface area contributed by atoms with Gasteiger partial charge in [0, 0.05) is 27.5 Å². The maximum absolute atomic E-state index is 6.08. The van der Waals surface area contributed by atoms with E-state index in [-0.39, 0.29) is 0 Å². The Bertz CT molecular complexity index is 2870. The van der Waals surface area contributed by atoms with E-state index in [0.29, 0.717) is 5.82 Å². The number of para-hydroxylation sites is 1. The minimum absolute atomic E-state index is 0.704. The second-order valence-corrected chi connectivity index (χ2v) is 12.6. The van der Waals surface area contributed by atoms with Crippen molar-refractivity contribution in [1.82, 2.24) is 9.97 Å². The van der Waals surface area contributed by atoms with E-state index in [1.165, 1.54) is 32.3 Å². The molecule has 0 aliphatic heterocycles. The van der Waals surface area contributed by atoms with E-state index in [9.17, 15) is 0 Å². The lowest BCUT2D eigenvalue weighted by Gasteiger charge is -2.16. The van der Waals surface area contributed by atoms with Crippen LogP contribution in [0.5, 0.6) is 0 Å². The van der Waals surface area contributed by atoms with Gasteiger partial charge in [0.25, 0.3) is 0 Å². The van der Waals surface area contributed by atoms with Crippen molar-refractivity contribution in [3.05, 3.63) is 170 Å². The molecule has 0 fully saturated rings. The Labute approximate surface area is 282 Å². The molecule has 0 saturated heterocycles. The van der Waals surface area contributed by atoms with Crippen LogP contribution in [0.25, 0.3) is 99.3 Å². The van der Waals surface area contributed by atoms with E-state index in [1.807, 2.05) is 30.3 Å². The van der Waals surface area contributed by atoms with Crippen molar-refractivity contribution in [2.75, 3.05) is 0 Å². The Morgan fingerprint density at radius 1 is 0.347 bits per heavy atom. The summed E-state index contributed by atoms with van der Waals surface area (Å²) >= 11 is 0. The van der Waals surface area contributed by atoms with Gasteiger partial charge in [0.2, 0.25) is 0 Å². The zero-order chi connectivity index (χ0) is 32.3. The normalized spacial score (nSPS) is 11.7. The molecule has 0 atom stereocenters. The van der Waals surface area contributed by atoms with Crippen molar-refractivity contribution >= 4 is 54.3 Å². The molecule has 10 rings (SSSR count). The van der Waals surface area contributed by atoms with Gasteiger partial charge < -0.3 is 4.42 Å². The van der Waals surface area contributed by atoms with Crippen molar-refractivity contribution in [1.29, 1.82) is 0 Å². The lowest BCUT2D eigenvalue weighted by molar-refractivity contribution is 0.669. The van der Waals surface area contributed by atoms with Crippen LogP contribution in [-0.4, -0.2) is 9.97 Å². The molecule has 0 aliphatic rings. The summed E-state index contributed by atoms with van der Waals surface area (Å²) in [4.78, 5) is 10.5. The third-order valence-electron chi connectivity index (χ3n) is 9.66. The number of benzene rings is 8. The van der Waals surface area contributed by atoms with Crippen molar-refractivity contribution in [3.63, 3.8) is 0 Å². The number of furan rings is 1. The molecule has 49 heavy (non-hydrogen) atoms. The molecule has 3 nitrogen and oxygen atoms in total. The Morgan fingerprint density at radius 3 is 1.84 bits per heavy atom. The highest BCUT2D eigenvalue weighted by molar-refractivity contribution is 6.21. The average molecular weight is 625 g/mol. The van der Waals surface area contributed by atoms with Crippen LogP contribution >= 0.6 is 0 Å². The summed E-state index contributed by atoms with van der Waals surface area (Å²) in [6.07, 6.45) is 0. The highest BCUT2D eigenvalue weighted by Crippen LogP contribution is 2.41. The predicted octanol–water partition coefficient (Wildman–Crippen LogP) is 12.5. The van der Waals surface area contributed by atoms with Crippen LogP contribution in [0.4, 0.5) is 0 Å². The number of aromatic nitrogens is 2. The van der Waals surface area contributed by atoms with Crippen molar-refractivity contribution in [2.24, 2.45) is 0 Å². The topological polar surface area (TPSA) is 38.9 Å². The highest BCUT2D eigenvalue weighted by atomic mass is 16.3. The van der Waals surface area contributed by atoms with Crippen LogP contribution in [0.15, 0.2) is 174 Å². The minimum atomic E-state index is 0.704. The van der Waals surface area contributed by atoms with E-state index >= 15 is 0 Å². The first kappa shape index (κ1) is 27.5. The van der Waals surface area contributed by atoms with Crippen molar-refractivity contribution in [2.45, 2.75) is 0 Å². The SMILES string of the molecule is c1ccc(-c2nc(-c3ccc(-c4ccc5oc6ccccc6c5c4)cc3)cc(-c3c4ccccc4cc4ccc5ccccc5c34)n2)cc1. The van der Waals surface area contributed by atoms with Crippen LogP contribution in [0.3, 0.4) is 0 Å². The van der Waals surface area contributed by atoms with Gasteiger partial charge in [-0.3, -0.25) is 0 Å². The third kappa shape index (κ3) is 4.59. The third-order valence-corrected chi connectivity index (χ3v) is 9.66. The van der Waals surface area contributed by atoms with Crippen molar-refractivity contribution in [3.8, 4) is 45.0 Å². The Balaban J connectivity index is 1.17. The van der Waals surface area contributed by atoms with Gasteiger partial charge >= 0.3 is 0 Å². The van der Waals surface area contributed by atoms with Crippen molar-refractivity contribution < 1.29 is 4.42 Å². The number of hydrogen-bond acceptors (Lipinski definition) is 3. The van der Waals surface area contributed by atoms with Crippen LogP contribution in [0.1, 0.15) is 0 Å². The summed E-state index contributed by atoms with van der Waals surface area (Å²) in [6.45, 7) is 0. The summed E-state index contributed by atoms with van der Waals surface area (Å²) in [7, 11) is 0. The summed E-state index contributed by atoms with van der Waals surface area (Å²) in [5.41, 5.74) is 9.03. The molecule has 10 aromatic rings. The fourth-order valence-corrected chi connectivity index (χ4v) is 7.29. The van der Waals surface area contributed by atoms with Crippen LogP contribution < -0.4 is 0 Å². The first-order valence-electron chi connectivity index (χ1n) is 16.6. The van der Waals surface area contributed by atoms with Gasteiger partial charge in [-0.05, 0) is 73.8 Å². The van der Waals surface area contributed by atoms with Crippen LogP contribution in [0.2, 0.25) is 0 Å². The molecule has 0 radical (unpaired) electrons. The fraction of sp³-hybridized carbons (Fsp3) is 0. The first-order valence-corrected chi connectivity index (χ1v) is 16.6. The first-order chi connectivity index (χ1) is 24.3. The summed E-state index contributed by atoms with van der Waals surface area (Å²) in [5, 5.41) is 9.45. The molecule has 0 aliphatic carbocycles. The second-order valence-electron chi connectivity index (χ2n) is 12.6.